The van der Waals surface area contributed by atoms with Gasteiger partial charge in [-0.15, -0.1) is 0 Å². The van der Waals surface area contributed by atoms with Gasteiger partial charge in [0, 0.05) is 6.54 Å². The van der Waals surface area contributed by atoms with Crippen LogP contribution in [0.3, 0.4) is 0 Å². The zero-order chi connectivity index (χ0) is 9.64. The van der Waals surface area contributed by atoms with Crippen molar-refractivity contribution in [3.63, 3.8) is 0 Å². The highest BCUT2D eigenvalue weighted by molar-refractivity contribution is 4.83. The second kappa shape index (κ2) is 5.40. The molecule has 0 radical (unpaired) electrons. The molecule has 0 aromatic heterocycles. The van der Waals surface area contributed by atoms with Crippen LogP contribution in [0.1, 0.15) is 38.5 Å². The van der Waals surface area contributed by atoms with Crippen molar-refractivity contribution in [3.05, 3.63) is 12.3 Å². The highest BCUT2D eigenvalue weighted by Gasteiger charge is 2.16. The molecule has 2 rings (SSSR count). The summed E-state index contributed by atoms with van der Waals surface area (Å²) < 4.78 is 5.48. The molecule has 1 saturated carbocycles. The monoisotopic (exact) mass is 195 g/mol. The zero-order valence-electron chi connectivity index (χ0n) is 8.87. The van der Waals surface area contributed by atoms with Crippen LogP contribution in [-0.2, 0) is 4.74 Å². The van der Waals surface area contributed by atoms with E-state index in [1.807, 2.05) is 6.26 Å². The lowest BCUT2D eigenvalue weighted by atomic mass is 9.83. The lowest BCUT2D eigenvalue weighted by molar-refractivity contribution is 0.121. The summed E-state index contributed by atoms with van der Waals surface area (Å²) in [6.45, 7) is 2.20. The van der Waals surface area contributed by atoms with E-state index in [0.29, 0.717) is 6.10 Å². The molecule has 1 heterocycles. The summed E-state index contributed by atoms with van der Waals surface area (Å²) in [7, 11) is 0. The molecule has 1 N–H and O–H groups in total. The SMILES string of the molecule is C1=COC(CNCCC2CCC2)CC1. The maximum atomic E-state index is 5.48. The van der Waals surface area contributed by atoms with E-state index < -0.39 is 0 Å². The average Bonchev–Trinajstić information content (AvgIpc) is 2.16. The summed E-state index contributed by atoms with van der Waals surface area (Å²) >= 11 is 0. The Kier molecular flexibility index (Phi) is 3.87. The highest BCUT2D eigenvalue weighted by Crippen LogP contribution is 2.28. The van der Waals surface area contributed by atoms with Gasteiger partial charge in [-0.05, 0) is 37.8 Å². The molecular weight excluding hydrogens is 174 g/mol. The third-order valence-corrected chi connectivity index (χ3v) is 3.35. The average molecular weight is 195 g/mol. The molecule has 1 unspecified atom stereocenters. The topological polar surface area (TPSA) is 21.3 Å². The molecule has 0 spiro atoms. The van der Waals surface area contributed by atoms with Crippen molar-refractivity contribution in [1.82, 2.24) is 5.32 Å². The molecule has 1 aliphatic carbocycles. The Hall–Kier alpha value is -0.500. The summed E-state index contributed by atoms with van der Waals surface area (Å²) in [4.78, 5) is 0. The van der Waals surface area contributed by atoms with Crippen LogP contribution in [0.25, 0.3) is 0 Å². The summed E-state index contributed by atoms with van der Waals surface area (Å²) in [6, 6.07) is 0. The minimum atomic E-state index is 0.418. The Morgan fingerprint density at radius 1 is 1.29 bits per heavy atom. The lowest BCUT2D eigenvalue weighted by Gasteiger charge is -2.26. The fourth-order valence-corrected chi connectivity index (χ4v) is 2.09. The summed E-state index contributed by atoms with van der Waals surface area (Å²) in [5.41, 5.74) is 0. The van der Waals surface area contributed by atoms with E-state index in [9.17, 15) is 0 Å². The first-order valence-electron chi connectivity index (χ1n) is 5.96. The van der Waals surface area contributed by atoms with Gasteiger partial charge in [-0.3, -0.25) is 0 Å². The third kappa shape index (κ3) is 3.02. The Bertz CT molecular complexity index is 187. The van der Waals surface area contributed by atoms with Crippen LogP contribution in [0.4, 0.5) is 0 Å². The molecule has 0 bridgehead atoms. The van der Waals surface area contributed by atoms with Crippen molar-refractivity contribution in [2.24, 2.45) is 5.92 Å². The second-order valence-corrected chi connectivity index (χ2v) is 4.50. The Morgan fingerprint density at radius 2 is 2.21 bits per heavy atom. The predicted molar refractivity (Wildman–Crippen MR) is 58.1 cm³/mol. The lowest BCUT2D eigenvalue weighted by Crippen LogP contribution is -2.31. The Morgan fingerprint density at radius 3 is 2.86 bits per heavy atom. The van der Waals surface area contributed by atoms with E-state index >= 15 is 0 Å². The van der Waals surface area contributed by atoms with Gasteiger partial charge >= 0.3 is 0 Å². The molecule has 14 heavy (non-hydrogen) atoms. The third-order valence-electron chi connectivity index (χ3n) is 3.35. The van der Waals surface area contributed by atoms with Gasteiger partial charge in [-0.1, -0.05) is 19.3 Å². The van der Waals surface area contributed by atoms with Gasteiger partial charge in [-0.25, -0.2) is 0 Å². The van der Waals surface area contributed by atoms with E-state index in [4.69, 9.17) is 4.74 Å². The molecular formula is C12H21NO. The van der Waals surface area contributed by atoms with E-state index in [-0.39, 0.29) is 0 Å². The first-order valence-corrected chi connectivity index (χ1v) is 5.96. The first kappa shape index (κ1) is 10.0. The molecule has 2 nitrogen and oxygen atoms in total. The largest absolute Gasteiger partial charge is 0.497 e. The number of hydrogen-bond donors (Lipinski definition) is 1. The van der Waals surface area contributed by atoms with Crippen LogP contribution in [-0.4, -0.2) is 19.2 Å². The maximum absolute atomic E-state index is 5.48. The van der Waals surface area contributed by atoms with Crippen molar-refractivity contribution in [2.45, 2.75) is 44.6 Å². The van der Waals surface area contributed by atoms with Gasteiger partial charge in [0.05, 0.1) is 6.26 Å². The summed E-state index contributed by atoms with van der Waals surface area (Å²) in [5, 5.41) is 3.50. The molecule has 0 amide bonds. The molecule has 80 valence electrons. The molecule has 2 aliphatic rings. The van der Waals surface area contributed by atoms with Crippen LogP contribution in [0, 0.1) is 5.92 Å². The number of ether oxygens (including phenoxy) is 1. The number of hydrogen-bond acceptors (Lipinski definition) is 2. The zero-order valence-corrected chi connectivity index (χ0v) is 8.87. The Balaban J connectivity index is 1.47. The normalized spacial score (nSPS) is 27.0. The molecule has 2 heteroatoms. The Labute approximate surface area is 86.7 Å². The van der Waals surface area contributed by atoms with Crippen LogP contribution in [0.2, 0.25) is 0 Å². The smallest absolute Gasteiger partial charge is 0.110 e. The molecule has 0 saturated heterocycles. The molecule has 0 aromatic carbocycles. The van der Waals surface area contributed by atoms with Crippen molar-refractivity contribution in [3.8, 4) is 0 Å². The minimum absolute atomic E-state index is 0.418. The fourth-order valence-electron chi connectivity index (χ4n) is 2.09. The van der Waals surface area contributed by atoms with E-state index in [1.54, 1.807) is 0 Å². The van der Waals surface area contributed by atoms with Gasteiger partial charge in [0.25, 0.3) is 0 Å². The molecule has 1 fully saturated rings. The predicted octanol–water partition coefficient (Wildman–Crippen LogP) is 2.46. The molecule has 0 aromatic rings. The van der Waals surface area contributed by atoms with E-state index in [1.165, 1.54) is 45.1 Å². The van der Waals surface area contributed by atoms with E-state index in [0.717, 1.165) is 12.5 Å². The van der Waals surface area contributed by atoms with Crippen molar-refractivity contribution >= 4 is 0 Å². The molecule has 1 atom stereocenters. The number of rotatable bonds is 5. The standard InChI is InChI=1S/C12H21NO/c1-2-9-14-12(6-1)10-13-8-7-11-4-3-5-11/h2,9,11-13H,1,3-8,10H2. The molecule has 1 aliphatic heterocycles. The minimum Gasteiger partial charge on any atom is -0.497 e. The van der Waals surface area contributed by atoms with Crippen LogP contribution in [0.15, 0.2) is 12.3 Å². The van der Waals surface area contributed by atoms with Crippen LogP contribution in [0.5, 0.6) is 0 Å². The van der Waals surface area contributed by atoms with Crippen molar-refractivity contribution in [1.29, 1.82) is 0 Å². The summed E-state index contributed by atoms with van der Waals surface area (Å²) in [6.07, 6.45) is 12.5. The number of allylic oxidation sites excluding steroid dienone is 1. The van der Waals surface area contributed by atoms with Crippen molar-refractivity contribution in [2.75, 3.05) is 13.1 Å². The highest BCUT2D eigenvalue weighted by atomic mass is 16.5. The first-order chi connectivity index (χ1) is 6.95. The van der Waals surface area contributed by atoms with Gasteiger partial charge in [-0.2, -0.15) is 0 Å². The van der Waals surface area contributed by atoms with Gasteiger partial charge in [0.1, 0.15) is 6.10 Å². The number of nitrogens with one attached hydrogen (secondary N) is 1. The summed E-state index contributed by atoms with van der Waals surface area (Å²) in [5.74, 6) is 1.02. The van der Waals surface area contributed by atoms with Gasteiger partial charge < -0.3 is 10.1 Å². The van der Waals surface area contributed by atoms with E-state index in [2.05, 4.69) is 11.4 Å². The second-order valence-electron chi connectivity index (χ2n) is 4.50. The fraction of sp³-hybridized carbons (Fsp3) is 0.833. The van der Waals surface area contributed by atoms with Gasteiger partial charge in [0.15, 0.2) is 0 Å². The van der Waals surface area contributed by atoms with Gasteiger partial charge in [0.2, 0.25) is 0 Å². The maximum Gasteiger partial charge on any atom is 0.110 e. The van der Waals surface area contributed by atoms with Crippen LogP contribution < -0.4 is 5.32 Å². The quantitative estimate of drug-likeness (QED) is 0.680. The van der Waals surface area contributed by atoms with Crippen LogP contribution >= 0.6 is 0 Å². The van der Waals surface area contributed by atoms with Crippen molar-refractivity contribution < 1.29 is 4.74 Å².